The van der Waals surface area contributed by atoms with Gasteiger partial charge in [0.05, 0.1) is 5.56 Å². The number of ether oxygens (including phenoxy) is 2. The number of carbonyl (C=O) groups excluding carboxylic acids is 1. The van der Waals surface area contributed by atoms with Crippen molar-refractivity contribution in [3.8, 4) is 11.5 Å². The molecule has 1 N–H and O–H groups in total. The minimum Gasteiger partial charge on any atom is -0.454 e. The molecule has 140 valence electrons. The number of carbonyl (C=O) groups is 1. The number of amides is 1. The first-order chi connectivity index (χ1) is 13.6. The Kier molecular flexibility index (Phi) is 4.16. The molecule has 2 aliphatic heterocycles. The van der Waals surface area contributed by atoms with Gasteiger partial charge in [-0.2, -0.15) is 0 Å². The van der Waals surface area contributed by atoms with E-state index in [1.54, 1.807) is 4.90 Å². The van der Waals surface area contributed by atoms with E-state index >= 15 is 0 Å². The molecular formula is C22H17IN2O3. The first-order valence-corrected chi connectivity index (χ1v) is 10.0. The second-order valence-electron chi connectivity index (χ2n) is 6.86. The number of anilines is 2. The third-order valence-corrected chi connectivity index (χ3v) is 5.68. The molecule has 2 aliphatic rings. The van der Waals surface area contributed by atoms with E-state index in [1.807, 2.05) is 67.6 Å². The van der Waals surface area contributed by atoms with Crippen molar-refractivity contribution in [2.45, 2.75) is 13.1 Å². The van der Waals surface area contributed by atoms with Crippen molar-refractivity contribution in [3.63, 3.8) is 0 Å². The first-order valence-electron chi connectivity index (χ1n) is 8.96. The number of benzene rings is 3. The van der Waals surface area contributed by atoms with Crippen LogP contribution >= 0.6 is 22.6 Å². The van der Waals surface area contributed by atoms with Gasteiger partial charge in [-0.3, -0.25) is 9.69 Å². The number of hydrogen-bond donors (Lipinski definition) is 1. The van der Waals surface area contributed by atoms with Crippen molar-refractivity contribution in [2.24, 2.45) is 0 Å². The average molecular weight is 484 g/mol. The van der Waals surface area contributed by atoms with E-state index < -0.39 is 0 Å². The van der Waals surface area contributed by atoms with E-state index in [2.05, 4.69) is 27.9 Å². The van der Waals surface area contributed by atoms with E-state index in [-0.39, 0.29) is 18.9 Å². The molecule has 0 unspecified atom stereocenters. The lowest BCUT2D eigenvalue weighted by Crippen LogP contribution is -2.43. The van der Waals surface area contributed by atoms with Crippen LogP contribution in [0.4, 0.5) is 11.4 Å². The zero-order valence-corrected chi connectivity index (χ0v) is 17.3. The summed E-state index contributed by atoms with van der Waals surface area (Å²) in [7, 11) is 0. The fourth-order valence-electron chi connectivity index (χ4n) is 3.57. The lowest BCUT2D eigenvalue weighted by atomic mass is 10.0. The maximum atomic E-state index is 13.5. The zero-order valence-electron chi connectivity index (χ0n) is 15.1. The summed E-state index contributed by atoms with van der Waals surface area (Å²) in [5.41, 5.74) is 4.43. The third kappa shape index (κ3) is 2.88. The summed E-state index contributed by atoms with van der Waals surface area (Å²) in [4.78, 5) is 15.3. The smallest absolute Gasteiger partial charge is 0.262 e. The van der Waals surface area contributed by atoms with Gasteiger partial charge in [0.1, 0.15) is 6.17 Å². The summed E-state index contributed by atoms with van der Waals surface area (Å²) < 4.78 is 12.0. The Labute approximate surface area is 176 Å². The summed E-state index contributed by atoms with van der Waals surface area (Å²) >= 11 is 2.23. The molecule has 0 saturated heterocycles. The number of halogens is 1. The highest BCUT2D eigenvalue weighted by Gasteiger charge is 2.35. The molecule has 5 nitrogen and oxygen atoms in total. The molecule has 0 aromatic heterocycles. The van der Waals surface area contributed by atoms with E-state index in [1.165, 1.54) is 0 Å². The number of rotatable bonds is 2. The number of fused-ring (bicyclic) bond motifs is 2. The van der Waals surface area contributed by atoms with Crippen LogP contribution in [0.3, 0.4) is 0 Å². The summed E-state index contributed by atoms with van der Waals surface area (Å²) in [5, 5.41) is 3.53. The van der Waals surface area contributed by atoms with Crippen LogP contribution < -0.4 is 19.7 Å². The Hall–Kier alpha value is -2.74. The maximum Gasteiger partial charge on any atom is 0.262 e. The molecule has 0 saturated carbocycles. The number of hydrogen-bond acceptors (Lipinski definition) is 4. The van der Waals surface area contributed by atoms with Crippen LogP contribution in [0.1, 0.15) is 27.7 Å². The van der Waals surface area contributed by atoms with Gasteiger partial charge >= 0.3 is 0 Å². The standard InChI is InChI=1S/C22H17IN2O3/c1-13-2-6-16(7-3-13)25-21(14-4-9-19-20(10-14)28-12-27-19)24-18-8-5-15(23)11-17(18)22(25)26/h2-11,21,24H,12H2,1H3/t21-/m1/s1. The molecule has 1 amide bonds. The Balaban J connectivity index is 1.65. The van der Waals surface area contributed by atoms with Gasteiger partial charge in [0, 0.05) is 14.9 Å². The maximum absolute atomic E-state index is 13.5. The topological polar surface area (TPSA) is 50.8 Å². The van der Waals surface area contributed by atoms with Gasteiger partial charge in [-0.1, -0.05) is 23.8 Å². The van der Waals surface area contributed by atoms with Crippen molar-refractivity contribution in [1.29, 1.82) is 0 Å². The van der Waals surface area contributed by atoms with E-state index in [4.69, 9.17) is 9.47 Å². The minimum atomic E-state index is -0.350. The van der Waals surface area contributed by atoms with Crippen LogP contribution in [0.2, 0.25) is 0 Å². The van der Waals surface area contributed by atoms with Crippen molar-refractivity contribution < 1.29 is 14.3 Å². The van der Waals surface area contributed by atoms with Crippen LogP contribution in [-0.2, 0) is 0 Å². The van der Waals surface area contributed by atoms with Gasteiger partial charge in [0.2, 0.25) is 6.79 Å². The fraction of sp³-hybridized carbons (Fsp3) is 0.136. The summed E-state index contributed by atoms with van der Waals surface area (Å²) in [6.07, 6.45) is -0.350. The second kappa shape index (κ2) is 6.70. The van der Waals surface area contributed by atoms with Crippen LogP contribution in [0.5, 0.6) is 11.5 Å². The van der Waals surface area contributed by atoms with Gasteiger partial charge in [-0.05, 0) is 77.5 Å². The van der Waals surface area contributed by atoms with Crippen molar-refractivity contribution >= 4 is 39.9 Å². The number of aryl methyl sites for hydroxylation is 1. The molecule has 0 fully saturated rings. The molecule has 5 rings (SSSR count). The molecule has 0 bridgehead atoms. The van der Waals surface area contributed by atoms with Crippen molar-refractivity contribution in [2.75, 3.05) is 17.0 Å². The SMILES string of the molecule is Cc1ccc(N2C(=O)c3cc(I)ccc3N[C@H]2c2ccc3c(c2)OCO3)cc1. The summed E-state index contributed by atoms with van der Waals surface area (Å²) in [5.74, 6) is 1.39. The predicted octanol–water partition coefficient (Wildman–Crippen LogP) is 5.10. The van der Waals surface area contributed by atoms with Crippen molar-refractivity contribution in [3.05, 3.63) is 80.9 Å². The van der Waals surface area contributed by atoms with Crippen LogP contribution in [0, 0.1) is 10.5 Å². The first kappa shape index (κ1) is 17.4. The Morgan fingerprint density at radius 2 is 1.79 bits per heavy atom. The largest absolute Gasteiger partial charge is 0.454 e. The molecule has 0 radical (unpaired) electrons. The van der Waals surface area contributed by atoms with Gasteiger partial charge in [0.25, 0.3) is 5.91 Å². The van der Waals surface area contributed by atoms with Crippen molar-refractivity contribution in [1.82, 2.24) is 0 Å². The van der Waals surface area contributed by atoms with Gasteiger partial charge in [-0.25, -0.2) is 0 Å². The summed E-state index contributed by atoms with van der Waals surface area (Å²) in [6, 6.07) is 19.7. The highest BCUT2D eigenvalue weighted by Crippen LogP contribution is 2.40. The Morgan fingerprint density at radius 3 is 2.61 bits per heavy atom. The molecular weight excluding hydrogens is 467 g/mol. The predicted molar refractivity (Wildman–Crippen MR) is 116 cm³/mol. The van der Waals surface area contributed by atoms with Gasteiger partial charge in [-0.15, -0.1) is 0 Å². The fourth-order valence-corrected chi connectivity index (χ4v) is 4.06. The second-order valence-corrected chi connectivity index (χ2v) is 8.11. The van der Waals surface area contributed by atoms with E-state index in [0.717, 1.165) is 31.8 Å². The molecule has 0 aliphatic carbocycles. The Bertz CT molecular complexity index is 1080. The highest BCUT2D eigenvalue weighted by molar-refractivity contribution is 14.1. The molecule has 1 atom stereocenters. The zero-order chi connectivity index (χ0) is 19.3. The molecule has 3 aromatic rings. The molecule has 6 heteroatoms. The highest BCUT2D eigenvalue weighted by atomic mass is 127. The van der Waals surface area contributed by atoms with Crippen LogP contribution in [-0.4, -0.2) is 12.7 Å². The average Bonchev–Trinajstić information content (AvgIpc) is 3.17. The summed E-state index contributed by atoms with van der Waals surface area (Å²) in [6.45, 7) is 2.26. The van der Waals surface area contributed by atoms with E-state index in [0.29, 0.717) is 11.3 Å². The molecule has 0 spiro atoms. The molecule has 3 aromatic carbocycles. The van der Waals surface area contributed by atoms with Gasteiger partial charge in [0.15, 0.2) is 11.5 Å². The molecule has 2 heterocycles. The van der Waals surface area contributed by atoms with Crippen LogP contribution in [0.15, 0.2) is 60.7 Å². The lowest BCUT2D eigenvalue weighted by Gasteiger charge is -2.38. The van der Waals surface area contributed by atoms with Gasteiger partial charge < -0.3 is 14.8 Å². The minimum absolute atomic E-state index is 0.0289. The van der Waals surface area contributed by atoms with E-state index in [9.17, 15) is 4.79 Å². The number of nitrogens with zero attached hydrogens (tertiary/aromatic N) is 1. The quantitative estimate of drug-likeness (QED) is 0.515. The third-order valence-electron chi connectivity index (χ3n) is 5.01. The lowest BCUT2D eigenvalue weighted by molar-refractivity contribution is 0.0974. The Morgan fingerprint density at radius 1 is 1.00 bits per heavy atom. The molecule has 28 heavy (non-hydrogen) atoms. The van der Waals surface area contributed by atoms with Crippen LogP contribution in [0.25, 0.3) is 0 Å². The monoisotopic (exact) mass is 484 g/mol. The normalized spacial score (nSPS) is 17.3. The number of nitrogens with one attached hydrogen (secondary N) is 1.